The third kappa shape index (κ3) is 4.56. The van der Waals surface area contributed by atoms with Crippen LogP contribution in [0.25, 0.3) is 11.3 Å². The Morgan fingerprint density at radius 1 is 1.00 bits per heavy atom. The monoisotopic (exact) mass is 436 g/mol. The summed E-state index contributed by atoms with van der Waals surface area (Å²) in [4.78, 5) is 40.9. The molecule has 3 aromatic rings. The first-order valence-electron chi connectivity index (χ1n) is 10.4. The number of hydrogen-bond donors (Lipinski definition) is 1. The summed E-state index contributed by atoms with van der Waals surface area (Å²) >= 11 is 0. The molecule has 0 aliphatic carbocycles. The SMILES string of the molecule is Cc1cc(C(=O)N2CCN(C(=O)CNC(=O)c3cc(-c4ccccc4)on3)CC2)c(C)o1. The Kier molecular flexibility index (Phi) is 6.07. The predicted octanol–water partition coefficient (Wildman–Crippen LogP) is 2.27. The van der Waals surface area contributed by atoms with E-state index in [-0.39, 0.29) is 24.1 Å². The molecule has 1 aromatic carbocycles. The first-order chi connectivity index (χ1) is 15.4. The average Bonchev–Trinajstić information content (AvgIpc) is 3.44. The maximum Gasteiger partial charge on any atom is 0.273 e. The Balaban J connectivity index is 1.26. The molecule has 3 amide bonds. The van der Waals surface area contributed by atoms with E-state index in [1.165, 1.54) is 0 Å². The smallest absolute Gasteiger partial charge is 0.273 e. The van der Waals surface area contributed by atoms with E-state index >= 15 is 0 Å². The van der Waals surface area contributed by atoms with Gasteiger partial charge in [0.1, 0.15) is 11.5 Å². The number of furan rings is 1. The molecule has 0 atom stereocenters. The normalized spacial score (nSPS) is 13.8. The molecule has 0 saturated carbocycles. The van der Waals surface area contributed by atoms with Gasteiger partial charge in [0.05, 0.1) is 12.1 Å². The van der Waals surface area contributed by atoms with Crippen molar-refractivity contribution in [2.75, 3.05) is 32.7 Å². The number of hydrogen-bond acceptors (Lipinski definition) is 6. The van der Waals surface area contributed by atoms with Crippen LogP contribution >= 0.6 is 0 Å². The van der Waals surface area contributed by atoms with Crippen molar-refractivity contribution in [1.29, 1.82) is 0 Å². The molecular formula is C23H24N4O5. The van der Waals surface area contributed by atoms with Crippen molar-refractivity contribution in [3.05, 3.63) is 65.2 Å². The maximum atomic E-state index is 12.7. The molecule has 1 aliphatic heterocycles. The molecule has 0 radical (unpaired) electrons. The average molecular weight is 436 g/mol. The van der Waals surface area contributed by atoms with Gasteiger partial charge in [0.15, 0.2) is 11.5 Å². The summed E-state index contributed by atoms with van der Waals surface area (Å²) in [5.41, 5.74) is 1.47. The van der Waals surface area contributed by atoms with E-state index < -0.39 is 5.91 Å². The highest BCUT2D eigenvalue weighted by atomic mass is 16.5. The Bertz CT molecular complexity index is 1130. The number of rotatable bonds is 5. The second-order valence-electron chi connectivity index (χ2n) is 7.63. The van der Waals surface area contributed by atoms with Gasteiger partial charge < -0.3 is 24.1 Å². The van der Waals surface area contributed by atoms with E-state index in [1.54, 1.807) is 35.8 Å². The Labute approximate surface area is 185 Å². The summed E-state index contributed by atoms with van der Waals surface area (Å²) < 4.78 is 10.7. The van der Waals surface area contributed by atoms with E-state index in [0.717, 1.165) is 5.56 Å². The maximum absolute atomic E-state index is 12.7. The Morgan fingerprint density at radius 3 is 2.34 bits per heavy atom. The molecule has 166 valence electrons. The predicted molar refractivity (Wildman–Crippen MR) is 115 cm³/mol. The number of benzene rings is 1. The number of carbonyl (C=O) groups excluding carboxylic acids is 3. The summed E-state index contributed by atoms with van der Waals surface area (Å²) in [5, 5.41) is 6.37. The van der Waals surface area contributed by atoms with Crippen molar-refractivity contribution in [3.8, 4) is 11.3 Å². The quantitative estimate of drug-likeness (QED) is 0.657. The highest BCUT2D eigenvalue weighted by molar-refractivity contribution is 5.96. The van der Waals surface area contributed by atoms with Crippen LogP contribution in [0.15, 0.2) is 51.4 Å². The zero-order valence-corrected chi connectivity index (χ0v) is 18.0. The van der Waals surface area contributed by atoms with Crippen molar-refractivity contribution in [1.82, 2.24) is 20.3 Å². The summed E-state index contributed by atoms with van der Waals surface area (Å²) in [6.07, 6.45) is 0. The molecule has 9 heteroatoms. The number of nitrogens with zero attached hydrogens (tertiary/aromatic N) is 3. The van der Waals surface area contributed by atoms with Gasteiger partial charge in [-0.2, -0.15) is 0 Å². The largest absolute Gasteiger partial charge is 0.466 e. The zero-order valence-electron chi connectivity index (χ0n) is 18.0. The van der Waals surface area contributed by atoms with Crippen LogP contribution in [0.5, 0.6) is 0 Å². The Morgan fingerprint density at radius 2 is 1.69 bits per heavy atom. The van der Waals surface area contributed by atoms with Gasteiger partial charge in [0, 0.05) is 37.8 Å². The van der Waals surface area contributed by atoms with Gasteiger partial charge in [-0.05, 0) is 19.9 Å². The fourth-order valence-corrected chi connectivity index (χ4v) is 3.65. The van der Waals surface area contributed by atoms with Gasteiger partial charge >= 0.3 is 0 Å². The second kappa shape index (κ2) is 9.09. The minimum absolute atomic E-state index is 0.0972. The minimum atomic E-state index is -0.483. The molecule has 1 saturated heterocycles. The van der Waals surface area contributed by atoms with Crippen LogP contribution < -0.4 is 5.32 Å². The molecule has 0 bridgehead atoms. The first kappa shape index (κ1) is 21.4. The van der Waals surface area contributed by atoms with Crippen molar-refractivity contribution in [2.45, 2.75) is 13.8 Å². The van der Waals surface area contributed by atoms with Crippen LogP contribution in [-0.4, -0.2) is 65.4 Å². The van der Waals surface area contributed by atoms with Gasteiger partial charge in [0.2, 0.25) is 5.91 Å². The Hall–Kier alpha value is -3.88. The van der Waals surface area contributed by atoms with Gasteiger partial charge in [0.25, 0.3) is 11.8 Å². The van der Waals surface area contributed by atoms with Gasteiger partial charge in [-0.25, -0.2) is 0 Å². The van der Waals surface area contributed by atoms with Crippen LogP contribution in [0.1, 0.15) is 32.4 Å². The highest BCUT2D eigenvalue weighted by Crippen LogP contribution is 2.20. The lowest BCUT2D eigenvalue weighted by Gasteiger charge is -2.34. The van der Waals surface area contributed by atoms with Crippen LogP contribution in [0.3, 0.4) is 0 Å². The fourth-order valence-electron chi connectivity index (χ4n) is 3.65. The topological polar surface area (TPSA) is 109 Å². The third-order valence-corrected chi connectivity index (χ3v) is 5.39. The molecule has 1 N–H and O–H groups in total. The van der Waals surface area contributed by atoms with Crippen molar-refractivity contribution < 1.29 is 23.3 Å². The number of piperazine rings is 1. The number of nitrogens with one attached hydrogen (secondary N) is 1. The number of carbonyl (C=O) groups is 3. The summed E-state index contributed by atoms with van der Waals surface area (Å²) in [7, 11) is 0. The lowest BCUT2D eigenvalue weighted by atomic mass is 10.1. The first-order valence-corrected chi connectivity index (χ1v) is 10.4. The van der Waals surface area contributed by atoms with E-state index in [1.807, 2.05) is 30.3 Å². The van der Waals surface area contributed by atoms with Crippen LogP contribution in [-0.2, 0) is 4.79 Å². The summed E-state index contributed by atoms with van der Waals surface area (Å²) in [5.74, 6) is 0.970. The molecule has 4 rings (SSSR count). The van der Waals surface area contributed by atoms with Gasteiger partial charge in [-0.3, -0.25) is 14.4 Å². The standard InChI is InChI=1S/C23H24N4O5/c1-15-12-18(16(2)31-15)23(30)27-10-8-26(9-11-27)21(28)14-24-22(29)19-13-20(32-25-19)17-6-4-3-5-7-17/h3-7,12-13H,8-11,14H2,1-2H3,(H,24,29). The molecule has 2 aromatic heterocycles. The summed E-state index contributed by atoms with van der Waals surface area (Å²) in [6.45, 7) is 5.06. The highest BCUT2D eigenvalue weighted by Gasteiger charge is 2.27. The molecular weight excluding hydrogens is 412 g/mol. The third-order valence-electron chi connectivity index (χ3n) is 5.39. The number of aryl methyl sites for hydroxylation is 2. The fraction of sp³-hybridized carbons (Fsp3) is 0.304. The van der Waals surface area contributed by atoms with Crippen molar-refractivity contribution in [3.63, 3.8) is 0 Å². The van der Waals surface area contributed by atoms with Crippen LogP contribution in [0, 0.1) is 13.8 Å². The van der Waals surface area contributed by atoms with Crippen molar-refractivity contribution in [2.24, 2.45) is 0 Å². The van der Waals surface area contributed by atoms with E-state index in [2.05, 4.69) is 10.5 Å². The molecule has 1 aliphatic rings. The molecule has 3 heterocycles. The molecule has 1 fully saturated rings. The minimum Gasteiger partial charge on any atom is -0.466 e. The lowest BCUT2D eigenvalue weighted by Crippen LogP contribution is -2.52. The zero-order chi connectivity index (χ0) is 22.7. The van der Waals surface area contributed by atoms with E-state index in [9.17, 15) is 14.4 Å². The second-order valence-corrected chi connectivity index (χ2v) is 7.63. The molecule has 0 unspecified atom stereocenters. The van der Waals surface area contributed by atoms with E-state index in [4.69, 9.17) is 8.94 Å². The van der Waals surface area contributed by atoms with E-state index in [0.29, 0.717) is 49.0 Å². The van der Waals surface area contributed by atoms with Gasteiger partial charge in [-0.15, -0.1) is 0 Å². The molecule has 9 nitrogen and oxygen atoms in total. The summed E-state index contributed by atoms with van der Waals surface area (Å²) in [6, 6.07) is 12.6. The number of aromatic nitrogens is 1. The molecule has 0 spiro atoms. The van der Waals surface area contributed by atoms with Crippen LogP contribution in [0.2, 0.25) is 0 Å². The van der Waals surface area contributed by atoms with Gasteiger partial charge in [-0.1, -0.05) is 35.5 Å². The van der Waals surface area contributed by atoms with Crippen LogP contribution in [0.4, 0.5) is 0 Å². The lowest BCUT2D eigenvalue weighted by molar-refractivity contribution is -0.131. The van der Waals surface area contributed by atoms with Crippen molar-refractivity contribution >= 4 is 17.7 Å². The number of amides is 3. The molecule has 32 heavy (non-hydrogen) atoms.